The van der Waals surface area contributed by atoms with Crippen LogP contribution in [0.2, 0.25) is 0 Å². The minimum Gasteiger partial charge on any atom is -0.394 e. The minimum absolute atomic E-state index is 1.74. The van der Waals surface area contributed by atoms with Crippen molar-refractivity contribution in [2.45, 2.75) is 0 Å². The predicted molar refractivity (Wildman–Crippen MR) is 50.9 cm³/mol. The van der Waals surface area contributed by atoms with Gasteiger partial charge in [0.25, 0.3) is 0 Å². The first-order valence-corrected chi connectivity index (χ1v) is 3.49. The normalized spacial score (nSPS) is 12.9. The lowest BCUT2D eigenvalue weighted by Gasteiger charge is -1.78. The number of allylic oxidation sites excluding steroid dienone is 5. The lowest BCUT2D eigenvalue weighted by Crippen LogP contribution is -1.89. The summed E-state index contributed by atoms with van der Waals surface area (Å²) in [6.45, 7) is 0. The third-order valence-corrected chi connectivity index (χ3v) is 0.942. The quantitative estimate of drug-likeness (QED) is 0.477. The summed E-state index contributed by atoms with van der Waals surface area (Å²) in [5.41, 5.74) is 0. The molecule has 0 radical (unpaired) electrons. The molecular weight excluding hydrogens is 136 g/mol. The van der Waals surface area contributed by atoms with Crippen LogP contribution < -0.4 is 5.32 Å². The van der Waals surface area contributed by atoms with Gasteiger partial charge in [-0.25, -0.2) is 0 Å². The Bertz CT molecular complexity index is 176. The van der Waals surface area contributed by atoms with Crippen LogP contribution in [-0.4, -0.2) is 20.3 Å². The summed E-state index contributed by atoms with van der Waals surface area (Å²) in [6, 6.07) is 0. The summed E-state index contributed by atoms with van der Waals surface area (Å²) in [6.07, 6.45) is 13.2. The molecule has 0 spiro atoms. The van der Waals surface area contributed by atoms with Crippen molar-refractivity contribution in [1.82, 2.24) is 5.32 Å². The molecule has 0 aromatic heterocycles. The summed E-state index contributed by atoms with van der Waals surface area (Å²) < 4.78 is 0. The SMILES string of the molecule is CN=CC=CC=CC=CNC. The fourth-order valence-electron chi connectivity index (χ4n) is 0.480. The third-order valence-electron chi connectivity index (χ3n) is 0.942. The highest BCUT2D eigenvalue weighted by Crippen LogP contribution is 1.76. The van der Waals surface area contributed by atoms with Gasteiger partial charge in [-0.1, -0.05) is 18.2 Å². The smallest absolute Gasteiger partial charge is 0.0277 e. The van der Waals surface area contributed by atoms with Gasteiger partial charge in [0, 0.05) is 20.3 Å². The van der Waals surface area contributed by atoms with Crippen LogP contribution in [0.1, 0.15) is 0 Å². The van der Waals surface area contributed by atoms with Crippen molar-refractivity contribution in [2.75, 3.05) is 14.1 Å². The Labute approximate surface area is 68.0 Å². The zero-order chi connectivity index (χ0) is 8.36. The molecule has 2 nitrogen and oxygen atoms in total. The van der Waals surface area contributed by atoms with Crippen molar-refractivity contribution >= 4 is 6.21 Å². The van der Waals surface area contributed by atoms with Crippen LogP contribution in [0.3, 0.4) is 0 Å². The van der Waals surface area contributed by atoms with Gasteiger partial charge in [0.05, 0.1) is 0 Å². The highest BCUT2D eigenvalue weighted by molar-refractivity contribution is 5.71. The lowest BCUT2D eigenvalue weighted by molar-refractivity contribution is 1.10. The molecular formula is C9H14N2. The van der Waals surface area contributed by atoms with Crippen molar-refractivity contribution in [3.8, 4) is 0 Å². The number of rotatable bonds is 4. The third kappa shape index (κ3) is 8.69. The van der Waals surface area contributed by atoms with E-state index in [-0.39, 0.29) is 0 Å². The van der Waals surface area contributed by atoms with Crippen LogP contribution in [-0.2, 0) is 0 Å². The van der Waals surface area contributed by atoms with Gasteiger partial charge >= 0.3 is 0 Å². The zero-order valence-electron chi connectivity index (χ0n) is 6.99. The summed E-state index contributed by atoms with van der Waals surface area (Å²) in [7, 11) is 3.61. The van der Waals surface area contributed by atoms with Crippen LogP contribution in [0.15, 0.2) is 41.6 Å². The molecule has 0 saturated heterocycles. The Morgan fingerprint density at radius 3 is 2.27 bits per heavy atom. The molecule has 0 rings (SSSR count). The maximum absolute atomic E-state index is 3.79. The van der Waals surface area contributed by atoms with Crippen LogP contribution in [0, 0.1) is 0 Å². The van der Waals surface area contributed by atoms with Gasteiger partial charge in [-0.05, 0) is 18.4 Å². The van der Waals surface area contributed by atoms with Crippen LogP contribution in [0.5, 0.6) is 0 Å². The molecule has 11 heavy (non-hydrogen) atoms. The number of nitrogens with one attached hydrogen (secondary N) is 1. The van der Waals surface area contributed by atoms with E-state index in [9.17, 15) is 0 Å². The average molecular weight is 150 g/mol. The Morgan fingerprint density at radius 1 is 1.00 bits per heavy atom. The fraction of sp³-hybridized carbons (Fsp3) is 0.222. The van der Waals surface area contributed by atoms with E-state index in [1.54, 1.807) is 13.3 Å². The molecule has 60 valence electrons. The molecule has 0 saturated carbocycles. The molecule has 0 aliphatic heterocycles. The Balaban J connectivity index is 3.51. The molecule has 0 unspecified atom stereocenters. The fourth-order valence-corrected chi connectivity index (χ4v) is 0.480. The average Bonchev–Trinajstić information content (AvgIpc) is 2.03. The van der Waals surface area contributed by atoms with Crippen LogP contribution >= 0.6 is 0 Å². The van der Waals surface area contributed by atoms with Crippen molar-refractivity contribution in [3.63, 3.8) is 0 Å². The summed E-state index contributed by atoms with van der Waals surface area (Å²) >= 11 is 0. The highest BCUT2D eigenvalue weighted by atomic mass is 14.8. The predicted octanol–water partition coefficient (Wildman–Crippen LogP) is 1.53. The van der Waals surface area contributed by atoms with Crippen molar-refractivity contribution < 1.29 is 0 Å². The first-order valence-electron chi connectivity index (χ1n) is 3.49. The molecule has 0 fully saturated rings. The number of aliphatic imine (C=N–C) groups is 1. The van der Waals surface area contributed by atoms with Gasteiger partial charge in [-0.15, -0.1) is 0 Å². The van der Waals surface area contributed by atoms with Gasteiger partial charge in [-0.2, -0.15) is 0 Å². The summed E-state index contributed by atoms with van der Waals surface area (Å²) in [5, 5.41) is 2.89. The monoisotopic (exact) mass is 150 g/mol. The van der Waals surface area contributed by atoms with E-state index in [4.69, 9.17) is 0 Å². The molecule has 0 aromatic rings. The van der Waals surface area contributed by atoms with E-state index in [0.717, 1.165) is 0 Å². The Kier molecular flexibility index (Phi) is 7.66. The van der Waals surface area contributed by atoms with Gasteiger partial charge in [-0.3, -0.25) is 4.99 Å². The number of hydrogen-bond acceptors (Lipinski definition) is 2. The molecule has 0 aliphatic carbocycles. The van der Waals surface area contributed by atoms with E-state index in [0.29, 0.717) is 0 Å². The van der Waals surface area contributed by atoms with E-state index in [1.807, 2.05) is 43.6 Å². The molecule has 1 N–H and O–H groups in total. The van der Waals surface area contributed by atoms with Gasteiger partial charge < -0.3 is 5.32 Å². The molecule has 0 amide bonds. The van der Waals surface area contributed by atoms with E-state index in [1.165, 1.54) is 0 Å². The van der Waals surface area contributed by atoms with Crippen molar-refractivity contribution in [1.29, 1.82) is 0 Å². The van der Waals surface area contributed by atoms with Gasteiger partial charge in [0.15, 0.2) is 0 Å². The molecule has 2 heteroatoms. The van der Waals surface area contributed by atoms with Crippen molar-refractivity contribution in [3.05, 3.63) is 36.6 Å². The number of nitrogens with zero attached hydrogens (tertiary/aromatic N) is 1. The van der Waals surface area contributed by atoms with E-state index >= 15 is 0 Å². The maximum atomic E-state index is 3.79. The largest absolute Gasteiger partial charge is 0.394 e. The van der Waals surface area contributed by atoms with Gasteiger partial charge in [0.1, 0.15) is 0 Å². The standard InChI is InChI=1S/C9H14N2/c1-10-8-6-4-3-5-7-9-11-2/h3-10H,1-2H3. The molecule has 0 aliphatic rings. The summed E-state index contributed by atoms with van der Waals surface area (Å²) in [4.78, 5) is 3.79. The Hall–Kier alpha value is -1.31. The highest BCUT2D eigenvalue weighted by Gasteiger charge is 1.61. The zero-order valence-corrected chi connectivity index (χ0v) is 6.99. The van der Waals surface area contributed by atoms with E-state index < -0.39 is 0 Å². The Morgan fingerprint density at radius 2 is 1.64 bits per heavy atom. The first kappa shape index (κ1) is 9.69. The van der Waals surface area contributed by atoms with E-state index in [2.05, 4.69) is 10.3 Å². The van der Waals surface area contributed by atoms with Crippen LogP contribution in [0.25, 0.3) is 0 Å². The maximum Gasteiger partial charge on any atom is 0.0277 e. The first-order chi connectivity index (χ1) is 5.41. The van der Waals surface area contributed by atoms with Crippen molar-refractivity contribution in [2.24, 2.45) is 4.99 Å². The minimum atomic E-state index is 1.74. The molecule has 0 heterocycles. The summed E-state index contributed by atoms with van der Waals surface area (Å²) in [5.74, 6) is 0. The molecule has 0 atom stereocenters. The topological polar surface area (TPSA) is 24.4 Å². The second kappa shape index (κ2) is 8.69. The molecule has 0 bridgehead atoms. The second-order valence-electron chi connectivity index (χ2n) is 1.82. The number of hydrogen-bond donors (Lipinski definition) is 1. The van der Waals surface area contributed by atoms with Crippen LogP contribution in [0.4, 0.5) is 0 Å². The molecule has 0 aromatic carbocycles. The lowest BCUT2D eigenvalue weighted by atomic mass is 10.4. The van der Waals surface area contributed by atoms with Gasteiger partial charge in [0.2, 0.25) is 0 Å². The second-order valence-corrected chi connectivity index (χ2v) is 1.82.